The van der Waals surface area contributed by atoms with Gasteiger partial charge >= 0.3 is 6.18 Å². The number of sulfone groups is 1. The third-order valence-corrected chi connectivity index (χ3v) is 7.36. The minimum Gasteiger partial charge on any atom is -0.480 e. The van der Waals surface area contributed by atoms with Crippen LogP contribution < -0.4 is 10.5 Å². The lowest BCUT2D eigenvalue weighted by molar-refractivity contribution is -0.189. The number of alkyl halides is 4. The van der Waals surface area contributed by atoms with E-state index in [4.69, 9.17) is 15.0 Å². The standard InChI is InChI=1S/C20H22F4N4O5S/c1-10(21)15-26-17(33-27-15)18-7-19(18,25)9-28(8-18)16(29)13-6-12(34(3,30)31)4-5-14(13)32-11(2)20(22,23)24/h4-6,10-11H,7-9,25H2,1-3H3/t10?,11-,18?,19?/m1/s1. The average Bonchev–Trinajstić information content (AvgIpc) is 3.06. The van der Waals surface area contributed by atoms with E-state index in [0.717, 1.165) is 31.4 Å². The molecule has 34 heavy (non-hydrogen) atoms. The van der Waals surface area contributed by atoms with E-state index < -0.39 is 50.9 Å². The summed E-state index contributed by atoms with van der Waals surface area (Å²) in [7, 11) is -3.77. The monoisotopic (exact) mass is 506 g/mol. The average molecular weight is 506 g/mol. The number of likely N-dealkylation sites (tertiary alicyclic amines) is 1. The number of halogens is 4. The predicted molar refractivity (Wildman–Crippen MR) is 109 cm³/mol. The Kier molecular flexibility index (Phi) is 5.47. The summed E-state index contributed by atoms with van der Waals surface area (Å²) in [5.41, 5.74) is 4.14. The van der Waals surface area contributed by atoms with Crippen molar-refractivity contribution in [3.63, 3.8) is 0 Å². The molecule has 14 heteroatoms. The molecule has 0 bridgehead atoms. The Balaban J connectivity index is 1.67. The van der Waals surface area contributed by atoms with E-state index in [1.54, 1.807) is 0 Å². The van der Waals surface area contributed by atoms with Crippen molar-refractivity contribution < 1.29 is 40.0 Å². The van der Waals surface area contributed by atoms with Crippen LogP contribution in [-0.4, -0.2) is 66.5 Å². The zero-order valence-corrected chi connectivity index (χ0v) is 19.2. The normalized spacial score (nSPS) is 26.2. The summed E-state index contributed by atoms with van der Waals surface area (Å²) in [6.45, 7) is 1.97. The van der Waals surface area contributed by atoms with Crippen molar-refractivity contribution >= 4 is 15.7 Å². The molecule has 1 aromatic carbocycles. The van der Waals surface area contributed by atoms with Gasteiger partial charge in [-0.2, -0.15) is 18.2 Å². The third-order valence-electron chi connectivity index (χ3n) is 6.25. The molecule has 1 saturated heterocycles. The van der Waals surface area contributed by atoms with Crippen LogP contribution in [0.5, 0.6) is 5.75 Å². The predicted octanol–water partition coefficient (Wildman–Crippen LogP) is 2.33. The smallest absolute Gasteiger partial charge is 0.425 e. The summed E-state index contributed by atoms with van der Waals surface area (Å²) in [5.74, 6) is -1.29. The quantitative estimate of drug-likeness (QED) is 0.592. The summed E-state index contributed by atoms with van der Waals surface area (Å²) in [5, 5.41) is 3.59. The summed E-state index contributed by atoms with van der Waals surface area (Å²) in [6.07, 6.45) is -7.15. The molecule has 186 valence electrons. The first kappa shape index (κ1) is 24.4. The van der Waals surface area contributed by atoms with Crippen LogP contribution in [0.1, 0.15) is 48.5 Å². The minimum atomic E-state index is -4.71. The van der Waals surface area contributed by atoms with Crippen LogP contribution >= 0.6 is 0 Å². The highest BCUT2D eigenvalue weighted by atomic mass is 32.2. The largest absolute Gasteiger partial charge is 0.480 e. The molecule has 2 heterocycles. The molecule has 9 nitrogen and oxygen atoms in total. The van der Waals surface area contributed by atoms with Crippen LogP contribution in [0.15, 0.2) is 27.6 Å². The summed E-state index contributed by atoms with van der Waals surface area (Å²) >= 11 is 0. The Morgan fingerprint density at radius 1 is 1.29 bits per heavy atom. The van der Waals surface area contributed by atoms with Crippen LogP contribution in [0.3, 0.4) is 0 Å². The Morgan fingerprint density at radius 2 is 1.97 bits per heavy atom. The highest BCUT2D eigenvalue weighted by molar-refractivity contribution is 7.90. The van der Waals surface area contributed by atoms with Gasteiger partial charge in [0.1, 0.15) is 5.75 Å². The SMILES string of the molecule is CC(F)c1noc(C23CN(C(=O)c4cc(S(C)(=O)=O)ccc4O[C@H](C)C(F)(F)F)CC2(N)C3)n1. The maximum absolute atomic E-state index is 13.5. The Labute approximate surface area is 192 Å². The Bertz CT molecular complexity index is 1250. The molecule has 2 N–H and O–H groups in total. The highest BCUT2D eigenvalue weighted by Gasteiger charge is 2.75. The van der Waals surface area contributed by atoms with Gasteiger partial charge in [0.15, 0.2) is 22.1 Å². The molecule has 1 aromatic heterocycles. The lowest BCUT2D eigenvalue weighted by Gasteiger charge is -2.24. The first-order valence-corrected chi connectivity index (χ1v) is 12.1. The van der Waals surface area contributed by atoms with Crippen molar-refractivity contribution in [1.82, 2.24) is 15.0 Å². The topological polar surface area (TPSA) is 129 Å². The lowest BCUT2D eigenvalue weighted by Crippen LogP contribution is -2.37. The summed E-state index contributed by atoms with van der Waals surface area (Å²) in [6, 6.07) is 3.06. The number of piperidine rings is 1. The van der Waals surface area contributed by atoms with E-state index in [0.29, 0.717) is 6.42 Å². The van der Waals surface area contributed by atoms with Crippen LogP contribution in [0.25, 0.3) is 0 Å². The third kappa shape index (κ3) is 4.02. The van der Waals surface area contributed by atoms with Crippen molar-refractivity contribution in [2.24, 2.45) is 5.73 Å². The molecular formula is C20H22F4N4O5S. The van der Waals surface area contributed by atoms with Crippen molar-refractivity contribution in [2.75, 3.05) is 19.3 Å². The number of carbonyl (C=O) groups is 1. The van der Waals surface area contributed by atoms with E-state index in [9.17, 15) is 30.8 Å². The fourth-order valence-electron chi connectivity index (χ4n) is 4.17. The molecule has 4 rings (SSSR count). The number of fused-ring (bicyclic) bond motifs is 1. The van der Waals surface area contributed by atoms with E-state index in [1.165, 1.54) is 11.8 Å². The lowest BCUT2D eigenvalue weighted by atomic mass is 10.0. The van der Waals surface area contributed by atoms with Crippen LogP contribution in [-0.2, 0) is 15.3 Å². The zero-order valence-electron chi connectivity index (χ0n) is 18.4. The molecule has 0 radical (unpaired) electrons. The molecule has 1 amide bonds. The number of amides is 1. The molecule has 4 atom stereocenters. The maximum atomic E-state index is 13.5. The fourth-order valence-corrected chi connectivity index (χ4v) is 4.81. The van der Waals surface area contributed by atoms with Gasteiger partial charge in [-0.15, -0.1) is 0 Å². The van der Waals surface area contributed by atoms with Crippen molar-refractivity contribution in [2.45, 2.75) is 54.6 Å². The second-order valence-corrected chi connectivity index (χ2v) is 10.9. The van der Waals surface area contributed by atoms with Crippen LogP contribution in [0.4, 0.5) is 17.6 Å². The molecule has 2 aromatic rings. The molecule has 2 aliphatic rings. The van der Waals surface area contributed by atoms with Gasteiger partial charge in [0, 0.05) is 19.3 Å². The number of ether oxygens (including phenoxy) is 1. The minimum absolute atomic E-state index is 0.00784. The highest BCUT2D eigenvalue weighted by Crippen LogP contribution is 2.60. The van der Waals surface area contributed by atoms with E-state index >= 15 is 0 Å². The van der Waals surface area contributed by atoms with Gasteiger partial charge in [0.2, 0.25) is 11.7 Å². The second kappa shape index (κ2) is 7.63. The van der Waals surface area contributed by atoms with Crippen molar-refractivity contribution in [3.8, 4) is 5.75 Å². The Hall–Kier alpha value is -2.74. The number of hydrogen-bond acceptors (Lipinski definition) is 8. The van der Waals surface area contributed by atoms with Gasteiger partial charge in [-0.25, -0.2) is 12.8 Å². The number of carbonyl (C=O) groups excluding carboxylic acids is 1. The first-order valence-electron chi connectivity index (χ1n) is 10.2. The molecule has 1 saturated carbocycles. The maximum Gasteiger partial charge on any atom is 0.425 e. The molecule has 2 fully saturated rings. The van der Waals surface area contributed by atoms with Gasteiger partial charge < -0.3 is 19.9 Å². The zero-order chi connectivity index (χ0) is 25.3. The number of nitrogens with two attached hydrogens (primary N) is 1. The summed E-state index contributed by atoms with van der Waals surface area (Å²) < 4.78 is 86.9. The molecular weight excluding hydrogens is 484 g/mol. The van der Waals surface area contributed by atoms with Crippen LogP contribution in [0.2, 0.25) is 0 Å². The van der Waals surface area contributed by atoms with E-state index in [-0.39, 0.29) is 35.3 Å². The van der Waals surface area contributed by atoms with Gasteiger partial charge in [0.25, 0.3) is 5.91 Å². The first-order chi connectivity index (χ1) is 15.6. The second-order valence-electron chi connectivity index (χ2n) is 8.88. The van der Waals surface area contributed by atoms with Gasteiger partial charge in [-0.05, 0) is 38.5 Å². The molecule has 1 aliphatic heterocycles. The summed E-state index contributed by atoms with van der Waals surface area (Å²) in [4.78, 5) is 18.4. The van der Waals surface area contributed by atoms with Crippen LogP contribution in [0, 0.1) is 0 Å². The number of benzene rings is 1. The molecule has 1 aliphatic carbocycles. The van der Waals surface area contributed by atoms with E-state index in [2.05, 4.69) is 10.1 Å². The number of aromatic nitrogens is 2. The van der Waals surface area contributed by atoms with Crippen molar-refractivity contribution in [1.29, 1.82) is 0 Å². The molecule has 3 unspecified atom stereocenters. The van der Waals surface area contributed by atoms with Gasteiger partial charge in [-0.3, -0.25) is 4.79 Å². The number of hydrogen-bond donors (Lipinski definition) is 1. The molecule has 0 spiro atoms. The van der Waals surface area contributed by atoms with E-state index in [1.807, 2.05) is 0 Å². The van der Waals surface area contributed by atoms with Crippen molar-refractivity contribution in [3.05, 3.63) is 35.5 Å². The number of rotatable bonds is 6. The number of nitrogens with zero attached hydrogens (tertiary/aromatic N) is 3. The van der Waals surface area contributed by atoms with Gasteiger partial charge in [0.05, 0.1) is 21.4 Å². The van der Waals surface area contributed by atoms with Gasteiger partial charge in [-0.1, -0.05) is 5.16 Å². The Morgan fingerprint density at radius 3 is 2.53 bits per heavy atom. The fraction of sp³-hybridized carbons (Fsp3) is 0.550.